The minimum absolute atomic E-state index is 0.143. The smallest absolute Gasteiger partial charge is 0.197 e. The van der Waals surface area contributed by atoms with Gasteiger partial charge in [-0.1, -0.05) is 6.07 Å². The van der Waals surface area contributed by atoms with Gasteiger partial charge >= 0.3 is 0 Å². The van der Waals surface area contributed by atoms with Gasteiger partial charge in [0.1, 0.15) is 11.4 Å². The predicted octanol–water partition coefficient (Wildman–Crippen LogP) is 3.86. The second kappa shape index (κ2) is 11.4. The number of hydrogen-bond acceptors (Lipinski definition) is 5. The van der Waals surface area contributed by atoms with Crippen molar-refractivity contribution in [3.63, 3.8) is 0 Å². The molecule has 6 N–H and O–H groups in total. The summed E-state index contributed by atoms with van der Waals surface area (Å²) in [4.78, 5) is 14.0. The van der Waals surface area contributed by atoms with E-state index in [1.807, 2.05) is 24.4 Å². The van der Waals surface area contributed by atoms with Crippen molar-refractivity contribution in [2.75, 3.05) is 39.4 Å². The van der Waals surface area contributed by atoms with E-state index in [0.717, 1.165) is 79.1 Å². The van der Waals surface area contributed by atoms with Crippen LogP contribution in [0, 0.1) is 6.92 Å². The third-order valence-electron chi connectivity index (χ3n) is 7.81. The number of aromatic nitrogens is 2. The summed E-state index contributed by atoms with van der Waals surface area (Å²) in [5.41, 5.74) is 11.5. The van der Waals surface area contributed by atoms with Crippen molar-refractivity contribution in [2.24, 2.45) is 10.7 Å². The number of morpholine rings is 1. The van der Waals surface area contributed by atoms with Crippen LogP contribution < -0.4 is 21.1 Å². The van der Waals surface area contributed by atoms with Crippen molar-refractivity contribution in [3.05, 3.63) is 77.8 Å². The average molecular weight is 542 g/mol. The molecule has 40 heavy (non-hydrogen) atoms. The topological polar surface area (TPSA) is 116 Å². The lowest BCUT2D eigenvalue weighted by Crippen LogP contribution is -2.57. The van der Waals surface area contributed by atoms with Gasteiger partial charge in [-0.05, 0) is 80.3 Å². The molecule has 6 rings (SSSR count). The maximum absolute atomic E-state index is 6.77. The third-order valence-corrected chi connectivity index (χ3v) is 7.81. The van der Waals surface area contributed by atoms with Gasteiger partial charge in [0.05, 0.1) is 19.3 Å². The Morgan fingerprint density at radius 3 is 2.85 bits per heavy atom. The Morgan fingerprint density at radius 1 is 1.12 bits per heavy atom. The number of fused-ring (bicyclic) bond motifs is 2. The first-order chi connectivity index (χ1) is 19.4. The molecule has 9 heteroatoms. The molecule has 2 aromatic heterocycles. The number of H-pyrrole nitrogens is 2. The summed E-state index contributed by atoms with van der Waals surface area (Å²) in [5.74, 6) is 1.56. The van der Waals surface area contributed by atoms with E-state index in [-0.39, 0.29) is 6.10 Å². The van der Waals surface area contributed by atoms with Crippen molar-refractivity contribution < 1.29 is 9.47 Å². The second-order valence-corrected chi connectivity index (χ2v) is 10.9. The quantitative estimate of drug-likeness (QED) is 0.220. The fourth-order valence-electron chi connectivity index (χ4n) is 5.52. The lowest BCUT2D eigenvalue weighted by atomic mass is 9.98. The predicted molar refractivity (Wildman–Crippen MR) is 161 cm³/mol. The molecular formula is C31H39N7O2. The number of rotatable bonds is 9. The molecule has 1 saturated heterocycles. The molecule has 0 spiro atoms. The normalized spacial score (nSPS) is 21.5. The summed E-state index contributed by atoms with van der Waals surface area (Å²) < 4.78 is 11.7. The van der Waals surface area contributed by atoms with E-state index >= 15 is 0 Å². The van der Waals surface area contributed by atoms with E-state index in [9.17, 15) is 0 Å². The lowest BCUT2D eigenvalue weighted by Gasteiger charge is -2.32. The average Bonchev–Trinajstić information content (AvgIpc) is 3.54. The molecule has 0 aliphatic carbocycles. The van der Waals surface area contributed by atoms with Crippen LogP contribution in [0.15, 0.2) is 65.9 Å². The largest absolute Gasteiger partial charge is 0.491 e. The summed E-state index contributed by atoms with van der Waals surface area (Å²) in [7, 11) is 0. The highest BCUT2D eigenvalue weighted by molar-refractivity contribution is 5.86. The van der Waals surface area contributed by atoms with Crippen molar-refractivity contribution in [1.29, 1.82) is 0 Å². The molecular weight excluding hydrogens is 502 g/mol. The van der Waals surface area contributed by atoms with Crippen LogP contribution in [0.3, 0.4) is 0 Å². The Balaban J connectivity index is 1.08. The minimum atomic E-state index is -0.838. The number of hydrogen-bond donors (Lipinski definition) is 5. The first-order valence-corrected chi connectivity index (χ1v) is 14.2. The lowest BCUT2D eigenvalue weighted by molar-refractivity contribution is 0.0327. The Morgan fingerprint density at radius 2 is 1.98 bits per heavy atom. The number of nitrogens with one attached hydrogen (secondary N) is 4. The van der Waals surface area contributed by atoms with Gasteiger partial charge in [0.2, 0.25) is 0 Å². The maximum atomic E-state index is 6.77. The highest BCUT2D eigenvalue weighted by Crippen LogP contribution is 2.26. The molecule has 2 unspecified atom stereocenters. The van der Waals surface area contributed by atoms with Gasteiger partial charge in [0.25, 0.3) is 0 Å². The van der Waals surface area contributed by atoms with Gasteiger partial charge in [0.15, 0.2) is 5.96 Å². The minimum Gasteiger partial charge on any atom is -0.491 e. The van der Waals surface area contributed by atoms with Crippen LogP contribution >= 0.6 is 0 Å². The Kier molecular flexibility index (Phi) is 7.51. The SMILES string of the molecule is Cc1cc2cc(C3(N)C=CNC(=NCCc4c[nH]c5ccc(OC(C)CCN6CCOCC6)cc45)N3)ccc2[nH]1. The Hall–Kier alpha value is -3.79. The first kappa shape index (κ1) is 26.4. The van der Waals surface area contributed by atoms with Gasteiger partial charge in [-0.15, -0.1) is 0 Å². The standard InChI is InChI=1S/C31H39N7O2/c1-21-17-24-18-25(3-5-28(24)36-21)31(32)9-11-34-30(37-31)33-10-7-23-20-35-29-6-4-26(19-27(23)29)40-22(2)8-12-38-13-15-39-16-14-38/h3-6,9,11,17-20,22,35-36H,7-8,10,12-16,32H2,1-2H3,(H2,33,34,37). The zero-order valence-corrected chi connectivity index (χ0v) is 23.3. The van der Waals surface area contributed by atoms with E-state index in [1.54, 1.807) is 0 Å². The summed E-state index contributed by atoms with van der Waals surface area (Å²) in [6.07, 6.45) is 7.78. The molecule has 0 saturated carbocycles. The molecule has 1 fully saturated rings. The molecule has 4 aromatic rings. The van der Waals surface area contributed by atoms with Crippen LogP contribution in [0.4, 0.5) is 0 Å². The van der Waals surface area contributed by atoms with Crippen LogP contribution in [0.5, 0.6) is 5.75 Å². The molecule has 0 bridgehead atoms. The Bertz CT molecular complexity index is 1530. The number of guanidine groups is 1. The third kappa shape index (κ3) is 5.86. The van der Waals surface area contributed by atoms with Gasteiger partial charge in [-0.3, -0.25) is 9.89 Å². The van der Waals surface area contributed by atoms with Crippen molar-refractivity contribution in [1.82, 2.24) is 25.5 Å². The summed E-state index contributed by atoms with van der Waals surface area (Å²) in [6, 6.07) is 14.6. The van der Waals surface area contributed by atoms with E-state index in [0.29, 0.717) is 12.5 Å². The molecule has 2 aliphatic rings. The van der Waals surface area contributed by atoms with Crippen LogP contribution in [0.25, 0.3) is 21.8 Å². The van der Waals surface area contributed by atoms with Crippen LogP contribution in [0.1, 0.15) is 30.2 Å². The highest BCUT2D eigenvalue weighted by Gasteiger charge is 2.28. The van der Waals surface area contributed by atoms with E-state index in [2.05, 4.69) is 75.9 Å². The second-order valence-electron chi connectivity index (χ2n) is 10.9. The molecule has 2 atom stereocenters. The van der Waals surface area contributed by atoms with Crippen molar-refractivity contribution >= 4 is 27.8 Å². The molecule has 2 aromatic carbocycles. The zero-order chi connectivity index (χ0) is 27.5. The number of aryl methyl sites for hydroxylation is 1. The van der Waals surface area contributed by atoms with E-state index < -0.39 is 5.66 Å². The zero-order valence-electron chi connectivity index (χ0n) is 23.3. The number of aromatic amines is 2. The Labute approximate surface area is 234 Å². The summed E-state index contributed by atoms with van der Waals surface area (Å²) in [6.45, 7) is 9.51. The van der Waals surface area contributed by atoms with E-state index in [1.165, 1.54) is 10.9 Å². The molecule has 9 nitrogen and oxygen atoms in total. The maximum Gasteiger partial charge on any atom is 0.197 e. The van der Waals surface area contributed by atoms with Gasteiger partial charge in [0, 0.05) is 66.1 Å². The van der Waals surface area contributed by atoms with Crippen LogP contribution in [0.2, 0.25) is 0 Å². The van der Waals surface area contributed by atoms with E-state index in [4.69, 9.17) is 20.2 Å². The van der Waals surface area contributed by atoms with Gasteiger partial charge < -0.3 is 35.8 Å². The van der Waals surface area contributed by atoms with Crippen molar-refractivity contribution in [3.8, 4) is 5.75 Å². The number of benzene rings is 2. The summed E-state index contributed by atoms with van der Waals surface area (Å²) in [5, 5.41) is 8.90. The van der Waals surface area contributed by atoms with Crippen LogP contribution in [-0.2, 0) is 16.8 Å². The van der Waals surface area contributed by atoms with Gasteiger partial charge in [-0.25, -0.2) is 0 Å². The molecule has 0 radical (unpaired) electrons. The molecule has 4 heterocycles. The van der Waals surface area contributed by atoms with Crippen molar-refractivity contribution in [2.45, 2.75) is 38.5 Å². The van der Waals surface area contributed by atoms with Crippen LogP contribution in [-0.4, -0.2) is 66.3 Å². The monoisotopic (exact) mass is 541 g/mol. The number of ether oxygens (including phenoxy) is 2. The fourth-order valence-corrected chi connectivity index (χ4v) is 5.52. The summed E-state index contributed by atoms with van der Waals surface area (Å²) >= 11 is 0. The number of nitrogens with zero attached hydrogens (tertiary/aromatic N) is 2. The van der Waals surface area contributed by atoms with Gasteiger partial charge in [-0.2, -0.15) is 0 Å². The molecule has 0 amide bonds. The molecule has 2 aliphatic heterocycles. The molecule has 210 valence electrons. The fraction of sp³-hybridized carbons (Fsp3) is 0.387. The first-order valence-electron chi connectivity index (χ1n) is 14.2. The number of aliphatic imine (C=N–C) groups is 1. The highest BCUT2D eigenvalue weighted by atomic mass is 16.5. The number of nitrogens with two attached hydrogens (primary N) is 1.